The SMILES string of the molecule is C[C@@H]1O[C@@H](O[C@H]2[C@H](O[C@H]3[C@H](O)[C@@H](O)[C@H](O)O[C@@H]3CO)O[C@H](COS(=O)(=O)O)[C@H](O)[C@@H]2O)[C@@H](O)[C@H](O)[C@@H]1O. The molecule has 3 rings (SSSR count). The topological polar surface area (TPSA) is 292 Å². The van der Waals surface area contributed by atoms with Gasteiger partial charge in [0.1, 0.15) is 67.1 Å². The van der Waals surface area contributed by atoms with Crippen LogP contribution in [0.3, 0.4) is 0 Å². The molecule has 0 aromatic rings. The zero-order valence-corrected chi connectivity index (χ0v) is 20.0. The summed E-state index contributed by atoms with van der Waals surface area (Å²) >= 11 is 0. The Labute approximate surface area is 210 Å². The Morgan fingerprint density at radius 2 is 1.27 bits per heavy atom. The Hall–Kier alpha value is -0.690. The van der Waals surface area contributed by atoms with Crippen LogP contribution in [0.15, 0.2) is 0 Å². The molecule has 3 aliphatic rings. The average molecular weight is 569 g/mol. The largest absolute Gasteiger partial charge is 0.397 e. The fraction of sp³-hybridized carbons (Fsp3) is 1.00. The minimum absolute atomic E-state index is 0.851. The Bertz CT molecular complexity index is 843. The standard InChI is InChI=1S/C18H32O18S/c1-4-7(20)9(22)13(26)17(32-4)36-15-10(23)8(21)6(3-31-37(28,29)30)34-18(15)35-14-5(2-19)33-16(27)12(25)11(14)24/h4-27H,2-3H2,1H3,(H,28,29,30)/t4-,5+,6+,7+,8-,9+,10-,11+,12+,13-,14+,15+,16+,17-,18-/m0/s1. The molecule has 0 saturated carbocycles. The van der Waals surface area contributed by atoms with Crippen LogP contribution in [0.1, 0.15) is 6.92 Å². The molecule has 0 aliphatic carbocycles. The maximum atomic E-state index is 11.0. The summed E-state index contributed by atoms with van der Waals surface area (Å²) in [6.45, 7) is -0.553. The van der Waals surface area contributed by atoms with Crippen LogP contribution < -0.4 is 0 Å². The minimum Gasteiger partial charge on any atom is -0.394 e. The van der Waals surface area contributed by atoms with Crippen LogP contribution in [0.25, 0.3) is 0 Å². The van der Waals surface area contributed by atoms with E-state index in [0.717, 1.165) is 0 Å². The summed E-state index contributed by atoms with van der Waals surface area (Å²) in [5.41, 5.74) is 0. The summed E-state index contributed by atoms with van der Waals surface area (Å²) in [5.74, 6) is 0. The monoisotopic (exact) mass is 568 g/mol. The van der Waals surface area contributed by atoms with Gasteiger partial charge < -0.3 is 69.6 Å². The number of hydrogen-bond acceptors (Lipinski definition) is 17. The first-order valence-electron chi connectivity index (χ1n) is 11.1. The van der Waals surface area contributed by atoms with E-state index in [9.17, 15) is 54.4 Å². The fourth-order valence-corrected chi connectivity index (χ4v) is 4.43. The molecule has 0 radical (unpaired) electrons. The van der Waals surface area contributed by atoms with Gasteiger partial charge in [-0.05, 0) is 6.92 Å². The van der Waals surface area contributed by atoms with Crippen molar-refractivity contribution in [3.8, 4) is 0 Å². The number of hydrogen-bond donors (Lipinski definition) is 10. The van der Waals surface area contributed by atoms with Gasteiger partial charge in [-0.15, -0.1) is 0 Å². The van der Waals surface area contributed by atoms with E-state index in [1.165, 1.54) is 6.92 Å². The van der Waals surface area contributed by atoms with Crippen LogP contribution in [-0.2, 0) is 38.3 Å². The number of aliphatic hydroxyl groups excluding tert-OH is 9. The Balaban J connectivity index is 1.87. The molecule has 18 nitrogen and oxygen atoms in total. The van der Waals surface area contributed by atoms with E-state index in [4.69, 9.17) is 28.2 Å². The number of ether oxygens (including phenoxy) is 5. The summed E-state index contributed by atoms with van der Waals surface area (Å²) < 4.78 is 61.7. The quantitative estimate of drug-likeness (QED) is 0.122. The lowest BCUT2D eigenvalue weighted by molar-refractivity contribution is -0.385. The Morgan fingerprint density at radius 3 is 1.86 bits per heavy atom. The summed E-state index contributed by atoms with van der Waals surface area (Å²) in [7, 11) is -5.01. The molecule has 10 N–H and O–H groups in total. The predicted molar refractivity (Wildman–Crippen MR) is 110 cm³/mol. The van der Waals surface area contributed by atoms with Gasteiger partial charge in [0.2, 0.25) is 0 Å². The van der Waals surface area contributed by atoms with Crippen LogP contribution in [0, 0.1) is 0 Å². The van der Waals surface area contributed by atoms with Gasteiger partial charge in [-0.1, -0.05) is 0 Å². The molecule has 0 unspecified atom stereocenters. The zero-order chi connectivity index (χ0) is 27.8. The molecular formula is C18H32O18S. The zero-order valence-electron chi connectivity index (χ0n) is 19.2. The van der Waals surface area contributed by atoms with Crippen molar-refractivity contribution in [3.05, 3.63) is 0 Å². The molecule has 3 aliphatic heterocycles. The normalized spacial score (nSPS) is 49.6. The highest BCUT2D eigenvalue weighted by molar-refractivity contribution is 7.80. The number of rotatable bonds is 8. The Morgan fingerprint density at radius 1 is 0.676 bits per heavy atom. The lowest BCUT2D eigenvalue weighted by Crippen LogP contribution is -2.66. The van der Waals surface area contributed by atoms with Gasteiger partial charge >= 0.3 is 10.4 Å². The van der Waals surface area contributed by atoms with Crippen molar-refractivity contribution in [3.63, 3.8) is 0 Å². The summed E-state index contributed by atoms with van der Waals surface area (Å²) in [4.78, 5) is 0. The van der Waals surface area contributed by atoms with Crippen molar-refractivity contribution >= 4 is 10.4 Å². The first-order chi connectivity index (χ1) is 17.2. The molecule has 3 fully saturated rings. The van der Waals surface area contributed by atoms with Gasteiger partial charge in [0, 0.05) is 0 Å². The summed E-state index contributed by atoms with van der Waals surface area (Å²) in [6.07, 6.45) is -26.3. The molecule has 15 atom stereocenters. The van der Waals surface area contributed by atoms with Crippen molar-refractivity contribution in [2.75, 3.05) is 13.2 Å². The molecule has 19 heteroatoms. The molecule has 3 saturated heterocycles. The van der Waals surface area contributed by atoms with Crippen molar-refractivity contribution < 1.29 is 86.8 Å². The maximum absolute atomic E-state index is 11.0. The first-order valence-corrected chi connectivity index (χ1v) is 12.5. The molecule has 0 bridgehead atoms. The van der Waals surface area contributed by atoms with Crippen LogP contribution in [0.4, 0.5) is 0 Å². The van der Waals surface area contributed by atoms with Crippen LogP contribution in [-0.4, -0.2) is 164 Å². The fourth-order valence-electron chi connectivity index (χ4n) is 4.12. The minimum atomic E-state index is -5.01. The van der Waals surface area contributed by atoms with Crippen molar-refractivity contribution in [2.45, 2.75) is 99.0 Å². The third-order valence-corrected chi connectivity index (χ3v) is 6.69. The van der Waals surface area contributed by atoms with Gasteiger partial charge in [-0.3, -0.25) is 4.55 Å². The second-order valence-electron chi connectivity index (χ2n) is 8.85. The van der Waals surface area contributed by atoms with Gasteiger partial charge in [0.15, 0.2) is 18.9 Å². The molecule has 3 heterocycles. The van der Waals surface area contributed by atoms with Crippen LogP contribution in [0.2, 0.25) is 0 Å². The van der Waals surface area contributed by atoms with E-state index in [2.05, 4.69) is 4.18 Å². The van der Waals surface area contributed by atoms with Gasteiger partial charge in [0.05, 0.1) is 19.3 Å². The van der Waals surface area contributed by atoms with E-state index < -0.39 is 116 Å². The number of aliphatic hydroxyl groups is 9. The average Bonchev–Trinajstić information content (AvgIpc) is 2.83. The van der Waals surface area contributed by atoms with Gasteiger partial charge in [0.25, 0.3) is 0 Å². The van der Waals surface area contributed by atoms with Crippen molar-refractivity contribution in [1.29, 1.82) is 0 Å². The lowest BCUT2D eigenvalue weighted by atomic mass is 9.96. The molecule has 218 valence electrons. The van der Waals surface area contributed by atoms with E-state index in [-0.39, 0.29) is 0 Å². The van der Waals surface area contributed by atoms with Crippen LogP contribution in [0.5, 0.6) is 0 Å². The highest BCUT2D eigenvalue weighted by Crippen LogP contribution is 2.32. The first kappa shape index (κ1) is 30.8. The second kappa shape index (κ2) is 12.2. The molecular weight excluding hydrogens is 536 g/mol. The van der Waals surface area contributed by atoms with E-state index >= 15 is 0 Å². The second-order valence-corrected chi connectivity index (χ2v) is 9.94. The summed E-state index contributed by atoms with van der Waals surface area (Å²) in [6, 6.07) is 0. The molecule has 37 heavy (non-hydrogen) atoms. The third kappa shape index (κ3) is 6.91. The maximum Gasteiger partial charge on any atom is 0.397 e. The molecule has 0 aromatic heterocycles. The van der Waals surface area contributed by atoms with Gasteiger partial charge in [-0.2, -0.15) is 8.42 Å². The molecule has 0 aromatic carbocycles. The lowest BCUT2D eigenvalue weighted by Gasteiger charge is -2.48. The van der Waals surface area contributed by atoms with E-state index in [0.29, 0.717) is 0 Å². The predicted octanol–water partition coefficient (Wildman–Crippen LogP) is -6.72. The van der Waals surface area contributed by atoms with E-state index in [1.54, 1.807) is 0 Å². The van der Waals surface area contributed by atoms with Crippen LogP contribution >= 0.6 is 0 Å². The summed E-state index contributed by atoms with van der Waals surface area (Å²) in [5, 5.41) is 91.0. The van der Waals surface area contributed by atoms with Crippen molar-refractivity contribution in [1.82, 2.24) is 0 Å². The highest BCUT2D eigenvalue weighted by Gasteiger charge is 2.53. The molecule has 0 spiro atoms. The third-order valence-electron chi connectivity index (χ3n) is 6.26. The van der Waals surface area contributed by atoms with Gasteiger partial charge in [-0.25, -0.2) is 4.18 Å². The molecule has 0 amide bonds. The highest BCUT2D eigenvalue weighted by atomic mass is 32.3. The van der Waals surface area contributed by atoms with Crippen molar-refractivity contribution in [2.24, 2.45) is 0 Å². The smallest absolute Gasteiger partial charge is 0.394 e. The Kier molecular flexibility index (Phi) is 10.2. The van der Waals surface area contributed by atoms with E-state index in [1.807, 2.05) is 0 Å².